The first-order valence-electron chi connectivity index (χ1n) is 11.6. The van der Waals surface area contributed by atoms with Gasteiger partial charge in [0, 0.05) is 56.1 Å². The molecular formula is C27H28ClFN4O. The van der Waals surface area contributed by atoms with Crippen molar-refractivity contribution in [3.63, 3.8) is 0 Å². The maximum absolute atomic E-state index is 15.0. The van der Waals surface area contributed by atoms with E-state index in [1.54, 1.807) is 18.3 Å². The number of benzene rings is 2. The average molecular weight is 479 g/mol. The molecule has 0 saturated carbocycles. The van der Waals surface area contributed by atoms with E-state index in [1.165, 1.54) is 11.8 Å². The number of halogens is 2. The summed E-state index contributed by atoms with van der Waals surface area (Å²) in [5.74, 6) is -0.159. The summed E-state index contributed by atoms with van der Waals surface area (Å²) in [6.07, 6.45) is 1.59. The van der Waals surface area contributed by atoms with Crippen molar-refractivity contribution < 1.29 is 9.13 Å². The van der Waals surface area contributed by atoms with Crippen LogP contribution in [0.5, 0.6) is 5.75 Å². The second-order valence-corrected chi connectivity index (χ2v) is 9.28. The normalized spacial score (nSPS) is 14.2. The van der Waals surface area contributed by atoms with Crippen LogP contribution in [0.2, 0.25) is 5.02 Å². The molecule has 34 heavy (non-hydrogen) atoms. The molecule has 0 aliphatic carbocycles. The second-order valence-electron chi connectivity index (χ2n) is 8.87. The van der Waals surface area contributed by atoms with E-state index >= 15 is 4.39 Å². The van der Waals surface area contributed by atoms with Crippen molar-refractivity contribution in [3.8, 4) is 28.1 Å². The number of nitrogens with zero attached hydrogens (tertiary/aromatic N) is 3. The van der Waals surface area contributed by atoms with Gasteiger partial charge in [-0.2, -0.15) is 0 Å². The summed E-state index contributed by atoms with van der Waals surface area (Å²) in [5, 5.41) is 4.79. The first kappa shape index (κ1) is 22.7. The van der Waals surface area contributed by atoms with Gasteiger partial charge in [-0.1, -0.05) is 29.8 Å². The van der Waals surface area contributed by atoms with Gasteiger partial charge in [0.2, 0.25) is 0 Å². The van der Waals surface area contributed by atoms with Crippen LogP contribution in [0.1, 0.15) is 13.8 Å². The van der Waals surface area contributed by atoms with Crippen molar-refractivity contribution in [2.24, 2.45) is 7.05 Å². The topological polar surface area (TPSA) is 42.3 Å². The summed E-state index contributed by atoms with van der Waals surface area (Å²) < 4.78 is 22.7. The van der Waals surface area contributed by atoms with E-state index in [0.717, 1.165) is 59.6 Å². The molecule has 0 unspecified atom stereocenters. The lowest BCUT2D eigenvalue weighted by Gasteiger charge is -2.29. The number of hydrogen-bond acceptors (Lipinski definition) is 4. The molecule has 4 aromatic rings. The Morgan fingerprint density at radius 3 is 2.41 bits per heavy atom. The zero-order valence-corrected chi connectivity index (χ0v) is 20.4. The Bertz CT molecular complexity index is 1330. The van der Waals surface area contributed by atoms with E-state index < -0.39 is 5.82 Å². The summed E-state index contributed by atoms with van der Waals surface area (Å²) in [6.45, 7) is 7.71. The van der Waals surface area contributed by atoms with E-state index in [9.17, 15) is 0 Å². The molecular weight excluding hydrogens is 451 g/mol. The number of aryl methyl sites for hydroxylation is 1. The van der Waals surface area contributed by atoms with Crippen LogP contribution in [0.3, 0.4) is 0 Å². The van der Waals surface area contributed by atoms with Crippen LogP contribution in [0.15, 0.2) is 54.7 Å². The Morgan fingerprint density at radius 2 is 1.74 bits per heavy atom. The molecule has 5 nitrogen and oxygen atoms in total. The van der Waals surface area contributed by atoms with E-state index in [2.05, 4.69) is 39.5 Å². The summed E-state index contributed by atoms with van der Waals surface area (Å²) in [7, 11) is 1.97. The highest BCUT2D eigenvalue weighted by atomic mass is 35.5. The number of nitrogens with one attached hydrogen (secondary N) is 1. The van der Waals surface area contributed by atoms with Crippen molar-refractivity contribution >= 4 is 28.3 Å². The summed E-state index contributed by atoms with van der Waals surface area (Å²) in [4.78, 5) is 6.97. The van der Waals surface area contributed by atoms with Gasteiger partial charge in [-0.15, -0.1) is 0 Å². The summed E-state index contributed by atoms with van der Waals surface area (Å²) in [6, 6.07) is 15.4. The molecule has 1 fully saturated rings. The predicted molar refractivity (Wildman–Crippen MR) is 137 cm³/mol. The molecule has 1 aliphatic rings. The number of anilines is 1. The van der Waals surface area contributed by atoms with Gasteiger partial charge < -0.3 is 19.5 Å². The summed E-state index contributed by atoms with van der Waals surface area (Å²) >= 11 is 6.67. The Kier molecular flexibility index (Phi) is 6.19. The fourth-order valence-corrected chi connectivity index (χ4v) is 4.92. The molecule has 5 rings (SSSR count). The summed E-state index contributed by atoms with van der Waals surface area (Å²) in [5.41, 5.74) is 5.51. The fourth-order valence-electron chi connectivity index (χ4n) is 4.68. The zero-order chi connectivity index (χ0) is 23.8. The van der Waals surface area contributed by atoms with Crippen LogP contribution < -0.4 is 15.0 Å². The first-order valence-corrected chi connectivity index (χ1v) is 12.0. The van der Waals surface area contributed by atoms with Gasteiger partial charge in [-0.3, -0.25) is 0 Å². The molecule has 2 aromatic heterocycles. The molecule has 1 saturated heterocycles. The molecule has 2 aromatic carbocycles. The Balaban J connectivity index is 1.66. The fraction of sp³-hybridized carbons (Fsp3) is 0.296. The van der Waals surface area contributed by atoms with Gasteiger partial charge in [0.25, 0.3) is 0 Å². The lowest BCUT2D eigenvalue weighted by Crippen LogP contribution is -2.43. The molecule has 3 heterocycles. The molecule has 1 aliphatic heterocycles. The molecule has 176 valence electrons. The predicted octanol–water partition coefficient (Wildman–Crippen LogP) is 5.90. The van der Waals surface area contributed by atoms with Gasteiger partial charge >= 0.3 is 0 Å². The van der Waals surface area contributed by atoms with Gasteiger partial charge in [-0.25, -0.2) is 9.37 Å². The van der Waals surface area contributed by atoms with Gasteiger partial charge in [-0.05, 0) is 55.3 Å². The third-order valence-electron chi connectivity index (χ3n) is 6.23. The van der Waals surface area contributed by atoms with Crippen molar-refractivity contribution in [3.05, 3.63) is 65.6 Å². The molecule has 0 radical (unpaired) electrons. The largest absolute Gasteiger partial charge is 0.488 e. The third-order valence-corrected chi connectivity index (χ3v) is 6.54. The number of aromatic nitrogens is 2. The molecule has 0 spiro atoms. The van der Waals surface area contributed by atoms with Gasteiger partial charge in [0.1, 0.15) is 5.65 Å². The monoisotopic (exact) mass is 478 g/mol. The maximum atomic E-state index is 15.0. The zero-order valence-electron chi connectivity index (χ0n) is 19.6. The smallest absolute Gasteiger partial charge is 0.165 e. The second kappa shape index (κ2) is 9.28. The van der Waals surface area contributed by atoms with E-state index in [-0.39, 0.29) is 11.9 Å². The number of fused-ring (bicyclic) bond motifs is 1. The van der Waals surface area contributed by atoms with Crippen LogP contribution >= 0.6 is 11.6 Å². The standard InChI is InChI=1S/C27H28ClFN4O/c1-17(2)34-23-9-6-19(16-22(23)29)24-25-21(28)10-11-31-27(25)32(3)26(24)18-4-7-20(8-5-18)33-14-12-30-13-15-33/h4-11,16-17,30H,12-15H2,1-3H3. The molecule has 7 heteroatoms. The quantitative estimate of drug-likeness (QED) is 0.388. The van der Waals surface area contributed by atoms with E-state index in [1.807, 2.05) is 31.5 Å². The molecule has 0 bridgehead atoms. The molecule has 0 amide bonds. The van der Waals surface area contributed by atoms with E-state index in [4.69, 9.17) is 16.3 Å². The highest BCUT2D eigenvalue weighted by Crippen LogP contribution is 2.43. The highest BCUT2D eigenvalue weighted by Gasteiger charge is 2.23. The lowest BCUT2D eigenvalue weighted by molar-refractivity contribution is 0.231. The SMILES string of the molecule is CC(C)Oc1ccc(-c2c(-c3ccc(N4CCNCC4)cc3)n(C)c3nccc(Cl)c23)cc1F. The van der Waals surface area contributed by atoms with E-state index in [0.29, 0.717) is 5.02 Å². The number of ether oxygens (including phenoxy) is 1. The number of pyridine rings is 1. The number of hydrogen-bond donors (Lipinski definition) is 1. The highest BCUT2D eigenvalue weighted by molar-refractivity contribution is 6.37. The van der Waals surface area contributed by atoms with Crippen molar-refractivity contribution in [1.82, 2.24) is 14.9 Å². The van der Waals surface area contributed by atoms with Crippen LogP contribution in [0.4, 0.5) is 10.1 Å². The van der Waals surface area contributed by atoms with Crippen molar-refractivity contribution in [2.75, 3.05) is 31.1 Å². The lowest BCUT2D eigenvalue weighted by atomic mass is 9.98. The Labute approximate surface area is 204 Å². The van der Waals surface area contributed by atoms with Crippen LogP contribution in [0, 0.1) is 5.82 Å². The van der Waals surface area contributed by atoms with Crippen molar-refractivity contribution in [2.45, 2.75) is 20.0 Å². The number of piperazine rings is 1. The van der Waals surface area contributed by atoms with Crippen LogP contribution in [-0.2, 0) is 7.05 Å². The third kappa shape index (κ3) is 4.12. The minimum Gasteiger partial charge on any atom is -0.488 e. The average Bonchev–Trinajstić information content (AvgIpc) is 3.14. The minimum atomic E-state index is -0.400. The maximum Gasteiger partial charge on any atom is 0.165 e. The molecule has 1 N–H and O–H groups in total. The van der Waals surface area contributed by atoms with Crippen molar-refractivity contribution in [1.29, 1.82) is 0 Å². The Morgan fingerprint density at radius 1 is 1.03 bits per heavy atom. The van der Waals surface area contributed by atoms with Crippen LogP contribution in [0.25, 0.3) is 33.4 Å². The minimum absolute atomic E-state index is 0.110. The molecule has 0 atom stereocenters. The van der Waals surface area contributed by atoms with Gasteiger partial charge in [0.05, 0.1) is 16.8 Å². The Hall–Kier alpha value is -3.09. The first-order chi connectivity index (χ1) is 16.4. The number of rotatable bonds is 5. The van der Waals surface area contributed by atoms with Crippen LogP contribution in [-0.4, -0.2) is 41.8 Å². The van der Waals surface area contributed by atoms with Gasteiger partial charge in [0.15, 0.2) is 11.6 Å².